The highest BCUT2D eigenvalue weighted by atomic mass is 79.9. The van der Waals surface area contributed by atoms with Gasteiger partial charge in [0.1, 0.15) is 12.0 Å². The summed E-state index contributed by atoms with van der Waals surface area (Å²) in [7, 11) is 0. The molecular formula is C21H17BrN4. The molecule has 0 saturated heterocycles. The lowest BCUT2D eigenvalue weighted by Crippen LogP contribution is -2.11. The predicted octanol–water partition coefficient (Wildman–Crippen LogP) is 5.84. The number of aromatic amines is 1. The summed E-state index contributed by atoms with van der Waals surface area (Å²) >= 11 is 3.60. The minimum Gasteiger partial charge on any atom is -0.360 e. The molecular weight excluding hydrogens is 388 g/mol. The van der Waals surface area contributed by atoms with Crippen molar-refractivity contribution in [3.63, 3.8) is 0 Å². The first-order chi connectivity index (χ1) is 12.7. The van der Waals surface area contributed by atoms with Gasteiger partial charge < -0.3 is 15.6 Å². The van der Waals surface area contributed by atoms with Crippen LogP contribution >= 0.6 is 15.9 Å². The molecule has 0 bridgehead atoms. The van der Waals surface area contributed by atoms with E-state index < -0.39 is 0 Å². The Morgan fingerprint density at radius 1 is 0.923 bits per heavy atom. The molecule has 0 radical (unpaired) electrons. The third-order valence-electron chi connectivity index (χ3n) is 4.74. The number of rotatable bonds is 2. The Labute approximate surface area is 159 Å². The third-order valence-corrected chi connectivity index (χ3v) is 5.43. The Morgan fingerprint density at radius 3 is 2.65 bits per heavy atom. The normalized spacial score (nSPS) is 15.5. The van der Waals surface area contributed by atoms with E-state index in [0.29, 0.717) is 0 Å². The smallest absolute Gasteiger partial charge is 0.139 e. The van der Waals surface area contributed by atoms with Crippen molar-refractivity contribution in [1.82, 2.24) is 9.97 Å². The fraction of sp³-hybridized carbons (Fsp3) is 0.0952. The molecule has 4 aromatic rings. The Kier molecular flexibility index (Phi) is 3.50. The molecule has 5 rings (SSSR count). The first kappa shape index (κ1) is 15.5. The number of nitrogens with zero attached hydrogens (tertiary/aromatic N) is 1. The molecule has 0 fully saturated rings. The Balaban J connectivity index is 1.50. The molecule has 1 aromatic heterocycles. The molecule has 128 valence electrons. The fourth-order valence-corrected chi connectivity index (χ4v) is 3.88. The van der Waals surface area contributed by atoms with Crippen LogP contribution in [0.4, 0.5) is 11.4 Å². The topological polar surface area (TPSA) is 52.7 Å². The van der Waals surface area contributed by atoms with Crippen LogP contribution in [0.5, 0.6) is 0 Å². The summed E-state index contributed by atoms with van der Waals surface area (Å²) in [4.78, 5) is 8.19. The lowest BCUT2D eigenvalue weighted by molar-refractivity contribution is 0.943. The number of H-pyrrole nitrogens is 1. The van der Waals surface area contributed by atoms with E-state index in [4.69, 9.17) is 4.98 Å². The molecule has 0 spiro atoms. The number of hydrogen-bond donors (Lipinski definition) is 3. The Hall–Kier alpha value is -2.79. The molecule has 0 aliphatic carbocycles. The number of anilines is 2. The zero-order valence-electron chi connectivity index (χ0n) is 14.2. The number of nitrogens with one attached hydrogen (secondary N) is 3. The van der Waals surface area contributed by atoms with Gasteiger partial charge in [-0.2, -0.15) is 0 Å². The highest BCUT2D eigenvalue weighted by Gasteiger charge is 2.21. The summed E-state index contributed by atoms with van der Waals surface area (Å²) in [6.45, 7) is 2.11. The van der Waals surface area contributed by atoms with Crippen molar-refractivity contribution in [3.8, 4) is 11.4 Å². The van der Waals surface area contributed by atoms with Crippen LogP contribution in [0.2, 0.25) is 0 Å². The molecule has 0 amide bonds. The van der Waals surface area contributed by atoms with Gasteiger partial charge in [-0.15, -0.1) is 0 Å². The van der Waals surface area contributed by atoms with Crippen molar-refractivity contribution >= 4 is 38.3 Å². The summed E-state index contributed by atoms with van der Waals surface area (Å²) in [6, 6.07) is 20.9. The van der Waals surface area contributed by atoms with Crippen molar-refractivity contribution in [2.75, 3.05) is 10.6 Å². The summed E-state index contributed by atoms with van der Waals surface area (Å²) in [5.74, 6) is 0.871. The summed E-state index contributed by atoms with van der Waals surface area (Å²) in [6.07, 6.45) is 0.0615. The Morgan fingerprint density at radius 2 is 1.77 bits per heavy atom. The van der Waals surface area contributed by atoms with Crippen molar-refractivity contribution in [3.05, 3.63) is 76.3 Å². The standard InChI is InChI=1S/C21H17BrN4/c1-12-6-8-16-18(10-12)25-20(23-16)13-7-9-17-19(11-13)26-21(24-17)14-4-2-3-5-15(14)22/h2-11,20,23,25H,1H3,(H,24,26). The molecule has 0 saturated carbocycles. The Bertz CT molecular complexity index is 1130. The highest BCUT2D eigenvalue weighted by molar-refractivity contribution is 9.10. The highest BCUT2D eigenvalue weighted by Crippen LogP contribution is 2.36. The van der Waals surface area contributed by atoms with Crippen molar-refractivity contribution < 1.29 is 0 Å². The van der Waals surface area contributed by atoms with E-state index in [9.17, 15) is 0 Å². The zero-order valence-corrected chi connectivity index (χ0v) is 15.8. The predicted molar refractivity (Wildman–Crippen MR) is 110 cm³/mol. The average Bonchev–Trinajstić information content (AvgIpc) is 3.24. The van der Waals surface area contributed by atoms with Crippen LogP contribution < -0.4 is 10.6 Å². The van der Waals surface area contributed by atoms with Crippen LogP contribution in [0.25, 0.3) is 22.4 Å². The second kappa shape index (κ2) is 5.88. The first-order valence-corrected chi connectivity index (χ1v) is 9.35. The van der Waals surface area contributed by atoms with Gasteiger partial charge in [-0.05, 0) is 48.4 Å². The summed E-state index contributed by atoms with van der Waals surface area (Å²) in [5.41, 5.74) is 7.77. The molecule has 1 aliphatic rings. The number of aromatic nitrogens is 2. The monoisotopic (exact) mass is 404 g/mol. The van der Waals surface area contributed by atoms with E-state index in [1.54, 1.807) is 0 Å². The van der Waals surface area contributed by atoms with E-state index >= 15 is 0 Å². The number of hydrogen-bond acceptors (Lipinski definition) is 3. The maximum Gasteiger partial charge on any atom is 0.139 e. The molecule has 2 heterocycles. The van der Waals surface area contributed by atoms with Crippen molar-refractivity contribution in [2.24, 2.45) is 0 Å². The number of aryl methyl sites for hydroxylation is 1. The second-order valence-electron chi connectivity index (χ2n) is 6.61. The van der Waals surface area contributed by atoms with Crippen molar-refractivity contribution in [1.29, 1.82) is 0 Å². The molecule has 3 N–H and O–H groups in total. The van der Waals surface area contributed by atoms with Crippen LogP contribution in [-0.4, -0.2) is 9.97 Å². The van der Waals surface area contributed by atoms with Gasteiger partial charge in [0.25, 0.3) is 0 Å². The number of imidazole rings is 1. The van der Waals surface area contributed by atoms with Crippen molar-refractivity contribution in [2.45, 2.75) is 13.1 Å². The summed E-state index contributed by atoms with van der Waals surface area (Å²) < 4.78 is 1.03. The minimum atomic E-state index is 0.0615. The van der Waals surface area contributed by atoms with E-state index in [2.05, 4.69) is 80.9 Å². The van der Waals surface area contributed by atoms with Crippen LogP contribution in [-0.2, 0) is 0 Å². The quantitative estimate of drug-likeness (QED) is 0.393. The molecule has 1 aliphatic heterocycles. The largest absolute Gasteiger partial charge is 0.360 e. The van der Waals surface area contributed by atoms with Crippen LogP contribution in [0, 0.1) is 6.92 Å². The van der Waals surface area contributed by atoms with Crippen LogP contribution in [0.1, 0.15) is 17.3 Å². The van der Waals surface area contributed by atoms with E-state index in [-0.39, 0.29) is 6.17 Å². The first-order valence-electron chi connectivity index (χ1n) is 8.56. The SMILES string of the molecule is Cc1ccc2c(c1)NC(c1ccc3nc(-c4ccccc4Br)[nH]c3c1)N2. The van der Waals surface area contributed by atoms with Gasteiger partial charge in [0.05, 0.1) is 22.4 Å². The molecule has 5 heteroatoms. The van der Waals surface area contributed by atoms with E-state index in [1.807, 2.05) is 18.2 Å². The van der Waals surface area contributed by atoms with Gasteiger partial charge in [-0.1, -0.05) is 46.3 Å². The lowest BCUT2D eigenvalue weighted by Gasteiger charge is -2.12. The maximum atomic E-state index is 4.74. The molecule has 3 aromatic carbocycles. The van der Waals surface area contributed by atoms with Gasteiger partial charge in [0.15, 0.2) is 0 Å². The average molecular weight is 405 g/mol. The number of benzene rings is 3. The maximum absolute atomic E-state index is 4.74. The zero-order chi connectivity index (χ0) is 17.7. The molecule has 26 heavy (non-hydrogen) atoms. The molecule has 4 nitrogen and oxygen atoms in total. The summed E-state index contributed by atoms with van der Waals surface area (Å²) in [5, 5.41) is 7.09. The van der Waals surface area contributed by atoms with Crippen LogP contribution in [0.15, 0.2) is 65.1 Å². The van der Waals surface area contributed by atoms with Gasteiger partial charge in [-0.3, -0.25) is 0 Å². The lowest BCUT2D eigenvalue weighted by atomic mass is 10.1. The van der Waals surface area contributed by atoms with Gasteiger partial charge in [0, 0.05) is 10.0 Å². The van der Waals surface area contributed by atoms with Gasteiger partial charge >= 0.3 is 0 Å². The molecule has 1 atom stereocenters. The van der Waals surface area contributed by atoms with E-state index in [1.165, 1.54) is 11.1 Å². The third kappa shape index (κ3) is 2.56. The van der Waals surface area contributed by atoms with Crippen LogP contribution in [0.3, 0.4) is 0 Å². The number of fused-ring (bicyclic) bond motifs is 2. The number of halogens is 1. The van der Waals surface area contributed by atoms with Gasteiger partial charge in [0.2, 0.25) is 0 Å². The fourth-order valence-electron chi connectivity index (χ4n) is 3.40. The second-order valence-corrected chi connectivity index (χ2v) is 7.47. The van der Waals surface area contributed by atoms with Gasteiger partial charge in [-0.25, -0.2) is 4.98 Å². The van der Waals surface area contributed by atoms with E-state index in [0.717, 1.165) is 38.3 Å². The minimum absolute atomic E-state index is 0.0615. The molecule has 1 unspecified atom stereocenters.